The number of hydrogen-bond acceptors (Lipinski definition) is 2. The molecule has 0 aliphatic heterocycles. The van der Waals surface area contributed by atoms with Crippen LogP contribution in [0.15, 0.2) is 15.0 Å². The number of benzene rings is 1. The Kier molecular flexibility index (Phi) is 3.72. The highest BCUT2D eigenvalue weighted by atomic mass is 79.9. The number of esters is 1. The number of carbonyl (C=O) groups is 1. The molecule has 0 amide bonds. The van der Waals surface area contributed by atoms with Gasteiger partial charge in [-0.05, 0) is 47.0 Å². The SMILES string of the molecule is COC(=O)c1cc(Br)c(C)c(C)c1Br. The molecule has 0 aromatic heterocycles. The topological polar surface area (TPSA) is 26.3 Å². The average Bonchev–Trinajstić information content (AvgIpc) is 2.19. The summed E-state index contributed by atoms with van der Waals surface area (Å²) >= 11 is 6.78. The van der Waals surface area contributed by atoms with E-state index < -0.39 is 0 Å². The minimum absolute atomic E-state index is 0.333. The lowest BCUT2D eigenvalue weighted by Crippen LogP contribution is -2.04. The molecule has 0 fully saturated rings. The summed E-state index contributed by atoms with van der Waals surface area (Å²) in [6.45, 7) is 3.95. The van der Waals surface area contributed by atoms with Gasteiger partial charge >= 0.3 is 5.97 Å². The van der Waals surface area contributed by atoms with Gasteiger partial charge < -0.3 is 4.74 Å². The number of carbonyl (C=O) groups excluding carboxylic acids is 1. The average molecular weight is 322 g/mol. The van der Waals surface area contributed by atoms with Gasteiger partial charge in [0.2, 0.25) is 0 Å². The molecule has 0 spiro atoms. The Balaban J connectivity index is 3.40. The third-order valence-corrected chi connectivity index (χ3v) is 4.01. The lowest BCUT2D eigenvalue weighted by atomic mass is 10.1. The predicted octanol–water partition coefficient (Wildman–Crippen LogP) is 3.62. The molecule has 0 saturated heterocycles. The number of methoxy groups -OCH3 is 1. The predicted molar refractivity (Wildman–Crippen MR) is 62.7 cm³/mol. The van der Waals surface area contributed by atoms with Gasteiger partial charge in [0, 0.05) is 8.95 Å². The van der Waals surface area contributed by atoms with Crippen molar-refractivity contribution in [3.63, 3.8) is 0 Å². The lowest BCUT2D eigenvalue weighted by molar-refractivity contribution is 0.0599. The number of rotatable bonds is 1. The zero-order chi connectivity index (χ0) is 10.9. The van der Waals surface area contributed by atoms with Gasteiger partial charge in [-0.1, -0.05) is 15.9 Å². The highest BCUT2D eigenvalue weighted by Gasteiger charge is 2.15. The molecule has 0 N–H and O–H groups in total. The second kappa shape index (κ2) is 4.45. The third-order valence-electron chi connectivity index (χ3n) is 2.16. The zero-order valence-corrected chi connectivity index (χ0v) is 11.3. The van der Waals surface area contributed by atoms with Crippen molar-refractivity contribution in [2.24, 2.45) is 0 Å². The summed E-state index contributed by atoms with van der Waals surface area (Å²) in [6, 6.07) is 1.76. The van der Waals surface area contributed by atoms with Gasteiger partial charge in [-0.15, -0.1) is 0 Å². The molecule has 76 valence electrons. The Hall–Kier alpha value is -0.350. The van der Waals surface area contributed by atoms with Gasteiger partial charge in [-0.2, -0.15) is 0 Å². The molecular weight excluding hydrogens is 312 g/mol. The minimum Gasteiger partial charge on any atom is -0.465 e. The summed E-state index contributed by atoms with van der Waals surface area (Å²) < 4.78 is 6.39. The van der Waals surface area contributed by atoms with Crippen molar-refractivity contribution in [1.29, 1.82) is 0 Å². The number of halogens is 2. The van der Waals surface area contributed by atoms with Crippen molar-refractivity contribution in [2.45, 2.75) is 13.8 Å². The summed E-state index contributed by atoms with van der Waals surface area (Å²) in [5, 5.41) is 0. The first-order valence-corrected chi connectivity index (χ1v) is 5.61. The van der Waals surface area contributed by atoms with E-state index in [1.807, 2.05) is 13.8 Å². The van der Waals surface area contributed by atoms with Crippen molar-refractivity contribution in [1.82, 2.24) is 0 Å². The van der Waals surface area contributed by atoms with E-state index in [9.17, 15) is 4.79 Å². The van der Waals surface area contributed by atoms with Crippen LogP contribution in [0.5, 0.6) is 0 Å². The van der Waals surface area contributed by atoms with Crippen LogP contribution in [0.1, 0.15) is 21.5 Å². The molecule has 14 heavy (non-hydrogen) atoms. The summed E-state index contributed by atoms with van der Waals surface area (Å²) in [6.07, 6.45) is 0. The van der Waals surface area contributed by atoms with E-state index in [1.54, 1.807) is 6.07 Å². The smallest absolute Gasteiger partial charge is 0.339 e. The van der Waals surface area contributed by atoms with Gasteiger partial charge in [0.15, 0.2) is 0 Å². The maximum atomic E-state index is 11.4. The summed E-state index contributed by atoms with van der Waals surface area (Å²) in [5.41, 5.74) is 2.70. The molecule has 1 aromatic carbocycles. The van der Waals surface area contributed by atoms with Crippen molar-refractivity contribution < 1.29 is 9.53 Å². The van der Waals surface area contributed by atoms with Crippen LogP contribution < -0.4 is 0 Å². The number of hydrogen-bond donors (Lipinski definition) is 0. The third kappa shape index (κ3) is 2.01. The van der Waals surface area contributed by atoms with E-state index >= 15 is 0 Å². The molecular formula is C10H10Br2O2. The molecule has 0 bridgehead atoms. The molecule has 0 saturated carbocycles. The summed E-state index contributed by atoms with van der Waals surface area (Å²) in [7, 11) is 1.37. The van der Waals surface area contributed by atoms with Crippen molar-refractivity contribution in [3.8, 4) is 0 Å². The second-order valence-electron chi connectivity index (χ2n) is 2.96. The first-order valence-electron chi connectivity index (χ1n) is 4.02. The molecule has 4 heteroatoms. The number of ether oxygens (including phenoxy) is 1. The normalized spacial score (nSPS) is 10.1. The Bertz CT molecular complexity index is 386. The fourth-order valence-electron chi connectivity index (χ4n) is 1.10. The molecule has 0 radical (unpaired) electrons. The van der Waals surface area contributed by atoms with Crippen molar-refractivity contribution in [2.75, 3.05) is 7.11 Å². The van der Waals surface area contributed by atoms with E-state index in [4.69, 9.17) is 0 Å². The van der Waals surface area contributed by atoms with Gasteiger partial charge in [0.05, 0.1) is 12.7 Å². The summed E-state index contributed by atoms with van der Waals surface area (Å²) in [4.78, 5) is 11.4. The zero-order valence-electron chi connectivity index (χ0n) is 8.15. The maximum Gasteiger partial charge on any atom is 0.339 e. The van der Waals surface area contributed by atoms with Gasteiger partial charge in [0.25, 0.3) is 0 Å². The van der Waals surface area contributed by atoms with Gasteiger partial charge in [0.1, 0.15) is 0 Å². The molecule has 1 aromatic rings. The molecule has 0 heterocycles. The molecule has 0 atom stereocenters. The van der Waals surface area contributed by atoms with Crippen LogP contribution >= 0.6 is 31.9 Å². The highest BCUT2D eigenvalue weighted by Crippen LogP contribution is 2.30. The van der Waals surface area contributed by atoms with Crippen LogP contribution in [0.2, 0.25) is 0 Å². The minimum atomic E-state index is -0.333. The van der Waals surface area contributed by atoms with Crippen LogP contribution in [0.4, 0.5) is 0 Å². The fraction of sp³-hybridized carbons (Fsp3) is 0.300. The standard InChI is InChI=1S/C10H10Br2O2/c1-5-6(2)9(12)7(4-8(5)11)10(13)14-3/h4H,1-3H3. The Morgan fingerprint density at radius 2 is 1.86 bits per heavy atom. The monoisotopic (exact) mass is 320 g/mol. The second-order valence-corrected chi connectivity index (χ2v) is 4.61. The Morgan fingerprint density at radius 3 is 2.36 bits per heavy atom. The lowest BCUT2D eigenvalue weighted by Gasteiger charge is -2.10. The molecule has 1 rings (SSSR count). The van der Waals surface area contributed by atoms with Crippen LogP contribution in [0.3, 0.4) is 0 Å². The first kappa shape index (κ1) is 11.7. The molecule has 0 unspecified atom stereocenters. The molecule has 0 aliphatic rings. The van der Waals surface area contributed by atoms with Crippen molar-refractivity contribution >= 4 is 37.8 Å². The van der Waals surface area contributed by atoms with E-state index in [0.29, 0.717) is 5.56 Å². The van der Waals surface area contributed by atoms with E-state index in [0.717, 1.165) is 20.1 Å². The fourth-order valence-corrected chi connectivity index (χ4v) is 2.20. The quantitative estimate of drug-likeness (QED) is 0.738. The Morgan fingerprint density at radius 1 is 1.29 bits per heavy atom. The Labute approximate surface area is 99.9 Å². The molecule has 0 aliphatic carbocycles. The van der Waals surface area contributed by atoms with Gasteiger partial charge in [-0.25, -0.2) is 4.79 Å². The van der Waals surface area contributed by atoms with E-state index in [-0.39, 0.29) is 5.97 Å². The summed E-state index contributed by atoms with van der Waals surface area (Å²) in [5.74, 6) is -0.333. The largest absolute Gasteiger partial charge is 0.465 e. The molecule has 2 nitrogen and oxygen atoms in total. The van der Waals surface area contributed by atoms with Crippen LogP contribution in [-0.4, -0.2) is 13.1 Å². The van der Waals surface area contributed by atoms with Crippen LogP contribution in [-0.2, 0) is 4.74 Å². The van der Waals surface area contributed by atoms with E-state index in [1.165, 1.54) is 7.11 Å². The van der Waals surface area contributed by atoms with Crippen LogP contribution in [0.25, 0.3) is 0 Å². The maximum absolute atomic E-state index is 11.4. The van der Waals surface area contributed by atoms with Crippen LogP contribution in [0, 0.1) is 13.8 Å². The first-order chi connectivity index (χ1) is 6.49. The van der Waals surface area contributed by atoms with Crippen molar-refractivity contribution in [3.05, 3.63) is 31.7 Å². The van der Waals surface area contributed by atoms with E-state index in [2.05, 4.69) is 36.6 Å². The van der Waals surface area contributed by atoms with Gasteiger partial charge in [-0.3, -0.25) is 0 Å². The highest BCUT2D eigenvalue weighted by molar-refractivity contribution is 9.11.